The van der Waals surface area contributed by atoms with Crippen LogP contribution in [0.1, 0.15) is 22.5 Å². The van der Waals surface area contributed by atoms with E-state index in [2.05, 4.69) is 30.8 Å². The van der Waals surface area contributed by atoms with E-state index in [0.29, 0.717) is 23.9 Å². The molecule has 0 unspecified atom stereocenters. The second kappa shape index (κ2) is 12.4. The van der Waals surface area contributed by atoms with Gasteiger partial charge in [-0.1, -0.05) is 18.2 Å². The molecule has 0 bridgehead atoms. The standard InChI is InChI=1S/C23H27N7O4S/c1-29(2)11-5-12-30(22(32)28-21-24-10-13-35-21)15-16-8-9-19(25-14-16)20(31)26-17-6-3-4-7-18(17)27-23(33)34/h3-4,6-10,13-14,27H,5,11-12,15H2,1-2H3,(H,26,31)(H,33,34)(H,24,28,32). The molecule has 3 rings (SSSR count). The highest BCUT2D eigenvalue weighted by Gasteiger charge is 2.17. The number of carbonyl (C=O) groups excluding carboxylic acids is 2. The van der Waals surface area contributed by atoms with Crippen molar-refractivity contribution in [1.29, 1.82) is 0 Å². The summed E-state index contributed by atoms with van der Waals surface area (Å²) in [7, 11) is 3.95. The van der Waals surface area contributed by atoms with E-state index >= 15 is 0 Å². The summed E-state index contributed by atoms with van der Waals surface area (Å²) >= 11 is 1.34. The Morgan fingerprint density at radius 2 is 1.71 bits per heavy atom. The van der Waals surface area contributed by atoms with Crippen LogP contribution in [0, 0.1) is 0 Å². The van der Waals surface area contributed by atoms with E-state index in [1.807, 2.05) is 14.1 Å². The number of para-hydroxylation sites is 2. The van der Waals surface area contributed by atoms with E-state index in [9.17, 15) is 14.4 Å². The minimum Gasteiger partial charge on any atom is -0.465 e. The fourth-order valence-electron chi connectivity index (χ4n) is 3.16. The molecule has 0 atom stereocenters. The largest absolute Gasteiger partial charge is 0.465 e. The number of anilines is 3. The summed E-state index contributed by atoms with van der Waals surface area (Å²) in [5.41, 5.74) is 1.49. The first-order valence-electron chi connectivity index (χ1n) is 10.8. The summed E-state index contributed by atoms with van der Waals surface area (Å²) in [5, 5.41) is 19.0. The molecule has 3 aromatic rings. The summed E-state index contributed by atoms with van der Waals surface area (Å²) < 4.78 is 0. The fourth-order valence-corrected chi connectivity index (χ4v) is 3.68. The number of nitrogens with zero attached hydrogens (tertiary/aromatic N) is 4. The number of benzene rings is 1. The minimum atomic E-state index is -1.23. The lowest BCUT2D eigenvalue weighted by atomic mass is 10.2. The molecule has 35 heavy (non-hydrogen) atoms. The molecule has 184 valence electrons. The molecule has 2 heterocycles. The van der Waals surface area contributed by atoms with E-state index < -0.39 is 12.0 Å². The number of pyridine rings is 1. The van der Waals surface area contributed by atoms with Crippen molar-refractivity contribution in [2.75, 3.05) is 43.1 Å². The molecule has 12 heteroatoms. The number of rotatable bonds is 10. The minimum absolute atomic E-state index is 0.158. The molecular formula is C23H27N7O4S. The van der Waals surface area contributed by atoms with Crippen LogP contribution in [0.2, 0.25) is 0 Å². The summed E-state index contributed by atoms with van der Waals surface area (Å²) in [6.45, 7) is 1.67. The smallest absolute Gasteiger partial charge is 0.409 e. The Morgan fingerprint density at radius 1 is 0.971 bits per heavy atom. The summed E-state index contributed by atoms with van der Waals surface area (Å²) in [5.74, 6) is -0.486. The first-order valence-corrected chi connectivity index (χ1v) is 11.6. The molecule has 0 saturated carbocycles. The topological polar surface area (TPSA) is 140 Å². The summed E-state index contributed by atoms with van der Waals surface area (Å²) in [6, 6.07) is 9.51. The maximum absolute atomic E-state index is 12.8. The van der Waals surface area contributed by atoms with Gasteiger partial charge < -0.3 is 20.2 Å². The van der Waals surface area contributed by atoms with Gasteiger partial charge in [0.1, 0.15) is 5.69 Å². The van der Waals surface area contributed by atoms with Crippen LogP contribution in [0.15, 0.2) is 54.2 Å². The lowest BCUT2D eigenvalue weighted by Gasteiger charge is -2.23. The maximum atomic E-state index is 12.8. The normalized spacial score (nSPS) is 10.6. The van der Waals surface area contributed by atoms with Crippen molar-refractivity contribution < 1.29 is 19.5 Å². The van der Waals surface area contributed by atoms with Crippen molar-refractivity contribution in [2.24, 2.45) is 0 Å². The molecule has 0 aliphatic carbocycles. The number of thiazole rings is 1. The molecule has 0 spiro atoms. The first-order chi connectivity index (χ1) is 16.8. The van der Waals surface area contributed by atoms with E-state index in [4.69, 9.17) is 5.11 Å². The van der Waals surface area contributed by atoms with Crippen LogP contribution < -0.4 is 16.0 Å². The molecule has 0 radical (unpaired) electrons. The van der Waals surface area contributed by atoms with Crippen LogP contribution in [-0.4, -0.2) is 70.1 Å². The number of amides is 4. The number of hydrogen-bond acceptors (Lipinski definition) is 7. The predicted octanol–water partition coefficient (Wildman–Crippen LogP) is 3.87. The van der Waals surface area contributed by atoms with Crippen LogP contribution in [0.25, 0.3) is 0 Å². The third-order valence-corrected chi connectivity index (χ3v) is 5.50. The monoisotopic (exact) mass is 497 g/mol. The quantitative estimate of drug-likeness (QED) is 0.333. The van der Waals surface area contributed by atoms with Gasteiger partial charge in [0.15, 0.2) is 5.13 Å². The van der Waals surface area contributed by atoms with Crippen molar-refractivity contribution >= 4 is 45.9 Å². The van der Waals surface area contributed by atoms with Crippen molar-refractivity contribution in [3.8, 4) is 0 Å². The van der Waals surface area contributed by atoms with Gasteiger partial charge in [-0.15, -0.1) is 11.3 Å². The molecule has 4 N–H and O–H groups in total. The van der Waals surface area contributed by atoms with Crippen LogP contribution in [0.5, 0.6) is 0 Å². The van der Waals surface area contributed by atoms with Gasteiger partial charge in [0.05, 0.1) is 11.4 Å². The van der Waals surface area contributed by atoms with E-state index in [1.54, 1.807) is 59.1 Å². The van der Waals surface area contributed by atoms with Crippen molar-refractivity contribution in [3.05, 3.63) is 65.4 Å². The average molecular weight is 498 g/mol. The Bertz CT molecular complexity index is 1140. The number of nitrogens with one attached hydrogen (secondary N) is 3. The second-order valence-corrected chi connectivity index (χ2v) is 8.72. The zero-order valence-corrected chi connectivity index (χ0v) is 20.2. The van der Waals surface area contributed by atoms with Crippen molar-refractivity contribution in [2.45, 2.75) is 13.0 Å². The predicted molar refractivity (Wildman–Crippen MR) is 135 cm³/mol. The van der Waals surface area contributed by atoms with Gasteiger partial charge in [0.2, 0.25) is 0 Å². The van der Waals surface area contributed by atoms with E-state index in [1.165, 1.54) is 11.3 Å². The first kappa shape index (κ1) is 25.6. The Labute approximate surface area is 206 Å². The average Bonchev–Trinajstić information content (AvgIpc) is 3.32. The SMILES string of the molecule is CN(C)CCCN(Cc1ccc(C(=O)Nc2ccccc2NC(=O)O)nc1)C(=O)Nc1nccs1. The van der Waals surface area contributed by atoms with Crippen LogP contribution in [0.4, 0.5) is 26.1 Å². The lowest BCUT2D eigenvalue weighted by molar-refractivity contribution is 0.102. The highest BCUT2D eigenvalue weighted by atomic mass is 32.1. The van der Waals surface area contributed by atoms with Gasteiger partial charge in [-0.25, -0.2) is 14.6 Å². The van der Waals surface area contributed by atoms with Crippen molar-refractivity contribution in [1.82, 2.24) is 19.8 Å². The maximum Gasteiger partial charge on any atom is 0.409 e. The Hall–Kier alpha value is -4.03. The van der Waals surface area contributed by atoms with Crippen LogP contribution in [-0.2, 0) is 6.54 Å². The fraction of sp³-hybridized carbons (Fsp3) is 0.261. The van der Waals surface area contributed by atoms with E-state index in [-0.39, 0.29) is 17.4 Å². The lowest BCUT2D eigenvalue weighted by Crippen LogP contribution is -2.36. The third-order valence-electron chi connectivity index (χ3n) is 4.81. The second-order valence-electron chi connectivity index (χ2n) is 7.83. The molecule has 0 aliphatic heterocycles. The van der Waals surface area contributed by atoms with Crippen molar-refractivity contribution in [3.63, 3.8) is 0 Å². The van der Waals surface area contributed by atoms with Crippen LogP contribution in [0.3, 0.4) is 0 Å². The van der Waals surface area contributed by atoms with Gasteiger partial charge >= 0.3 is 12.1 Å². The number of carboxylic acid groups (broad SMARTS) is 1. The van der Waals surface area contributed by atoms with Gasteiger partial charge in [0.25, 0.3) is 5.91 Å². The number of urea groups is 1. The molecule has 11 nitrogen and oxygen atoms in total. The van der Waals surface area contributed by atoms with Gasteiger partial charge in [-0.3, -0.25) is 20.4 Å². The van der Waals surface area contributed by atoms with Gasteiger partial charge in [-0.2, -0.15) is 0 Å². The molecule has 2 aromatic heterocycles. The molecule has 4 amide bonds. The molecule has 0 aliphatic rings. The zero-order valence-electron chi connectivity index (χ0n) is 19.4. The third kappa shape index (κ3) is 8.05. The summed E-state index contributed by atoms with van der Waals surface area (Å²) in [6.07, 6.45) is 2.73. The summed E-state index contributed by atoms with van der Waals surface area (Å²) in [4.78, 5) is 48.5. The number of carbonyl (C=O) groups is 3. The van der Waals surface area contributed by atoms with Gasteiger partial charge in [0, 0.05) is 30.9 Å². The zero-order chi connectivity index (χ0) is 25.2. The Morgan fingerprint density at radius 3 is 2.31 bits per heavy atom. The highest BCUT2D eigenvalue weighted by Crippen LogP contribution is 2.21. The highest BCUT2D eigenvalue weighted by molar-refractivity contribution is 7.13. The molecule has 1 aromatic carbocycles. The molecule has 0 fully saturated rings. The number of hydrogen-bond donors (Lipinski definition) is 4. The van der Waals surface area contributed by atoms with Gasteiger partial charge in [-0.05, 0) is 50.8 Å². The van der Waals surface area contributed by atoms with Crippen LogP contribution >= 0.6 is 11.3 Å². The number of aromatic nitrogens is 2. The Kier molecular flexibility index (Phi) is 9.09. The Balaban J connectivity index is 1.66. The molecular weight excluding hydrogens is 470 g/mol. The molecule has 0 saturated heterocycles. The van der Waals surface area contributed by atoms with E-state index in [0.717, 1.165) is 18.5 Å².